The van der Waals surface area contributed by atoms with Crippen molar-refractivity contribution in [2.45, 2.75) is 13.5 Å². The Morgan fingerprint density at radius 1 is 1.06 bits per heavy atom. The third kappa shape index (κ3) is 5.27. The van der Waals surface area contributed by atoms with Crippen LogP contribution in [0.15, 0.2) is 76.2 Å². The number of amides is 1. The number of furan rings is 1. The number of halogens is 2. The van der Waals surface area contributed by atoms with Gasteiger partial charge in [-0.05, 0) is 98.3 Å². The Kier molecular flexibility index (Phi) is 6.91. The van der Waals surface area contributed by atoms with E-state index in [0.29, 0.717) is 12.4 Å². The van der Waals surface area contributed by atoms with Gasteiger partial charge in [0.2, 0.25) is 0 Å². The highest BCUT2D eigenvalue weighted by Crippen LogP contribution is 2.30. The number of benzene rings is 3. The van der Waals surface area contributed by atoms with E-state index in [4.69, 9.17) is 9.15 Å². The molecule has 0 spiro atoms. The topological polar surface area (TPSA) is 63.8 Å². The van der Waals surface area contributed by atoms with Crippen LogP contribution in [0.25, 0.3) is 10.8 Å². The van der Waals surface area contributed by atoms with Gasteiger partial charge in [0.1, 0.15) is 18.1 Å². The molecule has 5 nitrogen and oxygen atoms in total. The number of aryl methyl sites for hydroxylation is 1. The third-order valence-corrected chi connectivity index (χ3v) is 6.22. The molecule has 156 valence electrons. The largest absolute Gasteiger partial charge is 0.487 e. The standard InChI is InChI=1S/C24H18I2N2O3/c1-15-9-10-22(31-15)24(29)28-27-13-16-11-20(25)23(21(26)12-16)30-14-18-7-4-6-17-5-2-3-8-19(17)18/h2-13H,14H2,1H3,(H,28,29). The molecule has 0 atom stereocenters. The summed E-state index contributed by atoms with van der Waals surface area (Å²) in [5.74, 6) is 1.36. The van der Waals surface area contributed by atoms with Crippen LogP contribution in [0.4, 0.5) is 0 Å². The van der Waals surface area contributed by atoms with Crippen molar-refractivity contribution in [3.63, 3.8) is 0 Å². The third-order valence-electron chi connectivity index (χ3n) is 4.62. The minimum absolute atomic E-state index is 0.232. The maximum absolute atomic E-state index is 12.0. The van der Waals surface area contributed by atoms with E-state index in [1.807, 2.05) is 24.3 Å². The van der Waals surface area contributed by atoms with E-state index in [1.54, 1.807) is 25.3 Å². The van der Waals surface area contributed by atoms with Crippen LogP contribution < -0.4 is 10.2 Å². The summed E-state index contributed by atoms with van der Waals surface area (Å²) in [5.41, 5.74) is 4.49. The molecule has 0 fully saturated rings. The van der Waals surface area contributed by atoms with E-state index in [0.717, 1.165) is 24.0 Å². The maximum atomic E-state index is 12.0. The second kappa shape index (κ2) is 9.82. The highest BCUT2D eigenvalue weighted by Gasteiger charge is 2.11. The summed E-state index contributed by atoms with van der Waals surface area (Å²) in [6, 6.07) is 21.8. The van der Waals surface area contributed by atoms with Gasteiger partial charge in [0.15, 0.2) is 5.76 Å². The van der Waals surface area contributed by atoms with E-state index in [-0.39, 0.29) is 11.7 Å². The number of ether oxygens (including phenoxy) is 1. The molecule has 1 amide bonds. The van der Waals surface area contributed by atoms with Gasteiger partial charge in [-0.15, -0.1) is 0 Å². The zero-order chi connectivity index (χ0) is 21.8. The molecule has 3 aromatic carbocycles. The number of hydrazone groups is 1. The normalized spacial score (nSPS) is 11.2. The molecule has 31 heavy (non-hydrogen) atoms. The molecule has 0 aliphatic rings. The smallest absolute Gasteiger partial charge is 0.307 e. The van der Waals surface area contributed by atoms with E-state index in [2.05, 4.69) is 86.0 Å². The summed E-state index contributed by atoms with van der Waals surface area (Å²) in [6.45, 7) is 2.27. The number of nitrogens with one attached hydrogen (secondary N) is 1. The van der Waals surface area contributed by atoms with Gasteiger partial charge in [0.25, 0.3) is 0 Å². The van der Waals surface area contributed by atoms with E-state index < -0.39 is 0 Å². The second-order valence-electron chi connectivity index (χ2n) is 6.85. The lowest BCUT2D eigenvalue weighted by Crippen LogP contribution is -2.16. The molecule has 0 saturated carbocycles. The molecule has 1 N–H and O–H groups in total. The Bertz CT molecular complexity index is 1250. The molecule has 0 aliphatic carbocycles. The molecule has 0 bridgehead atoms. The van der Waals surface area contributed by atoms with Crippen molar-refractivity contribution in [3.05, 3.63) is 96.5 Å². The van der Waals surface area contributed by atoms with Gasteiger partial charge in [-0.1, -0.05) is 42.5 Å². The van der Waals surface area contributed by atoms with E-state index >= 15 is 0 Å². The predicted octanol–water partition coefficient (Wildman–Crippen LogP) is 6.29. The molecule has 0 aliphatic heterocycles. The summed E-state index contributed by atoms with van der Waals surface area (Å²) in [5, 5.41) is 6.43. The molecule has 0 radical (unpaired) electrons. The predicted molar refractivity (Wildman–Crippen MR) is 139 cm³/mol. The van der Waals surface area contributed by atoms with Crippen molar-refractivity contribution < 1.29 is 13.9 Å². The molecular formula is C24H18I2N2O3. The first-order valence-electron chi connectivity index (χ1n) is 9.49. The van der Waals surface area contributed by atoms with Gasteiger partial charge in [-0.25, -0.2) is 5.43 Å². The van der Waals surface area contributed by atoms with Gasteiger partial charge >= 0.3 is 5.91 Å². The van der Waals surface area contributed by atoms with Crippen LogP contribution in [0.5, 0.6) is 5.75 Å². The summed E-state index contributed by atoms with van der Waals surface area (Å²) < 4.78 is 13.4. The maximum Gasteiger partial charge on any atom is 0.307 e. The van der Waals surface area contributed by atoms with Crippen LogP contribution >= 0.6 is 45.2 Å². The Balaban J connectivity index is 1.45. The zero-order valence-electron chi connectivity index (χ0n) is 16.6. The summed E-state index contributed by atoms with van der Waals surface area (Å²) >= 11 is 4.51. The Hall–Kier alpha value is -2.40. The lowest BCUT2D eigenvalue weighted by Gasteiger charge is -2.13. The Morgan fingerprint density at radius 2 is 1.81 bits per heavy atom. The molecule has 0 saturated heterocycles. The van der Waals surface area contributed by atoms with Crippen LogP contribution in [-0.2, 0) is 6.61 Å². The van der Waals surface area contributed by atoms with Gasteiger partial charge in [0, 0.05) is 0 Å². The van der Waals surface area contributed by atoms with Crippen LogP contribution in [0.2, 0.25) is 0 Å². The second-order valence-corrected chi connectivity index (χ2v) is 9.17. The monoisotopic (exact) mass is 636 g/mol. The number of carbonyl (C=O) groups is 1. The van der Waals surface area contributed by atoms with Crippen molar-refractivity contribution in [2.24, 2.45) is 5.10 Å². The van der Waals surface area contributed by atoms with Gasteiger partial charge in [-0.3, -0.25) is 4.79 Å². The number of hydrogen-bond donors (Lipinski definition) is 1. The lowest BCUT2D eigenvalue weighted by atomic mass is 10.1. The number of carbonyl (C=O) groups excluding carboxylic acids is 1. The van der Waals surface area contributed by atoms with Crippen molar-refractivity contribution >= 4 is 68.1 Å². The van der Waals surface area contributed by atoms with E-state index in [1.165, 1.54) is 10.8 Å². The Morgan fingerprint density at radius 3 is 2.55 bits per heavy atom. The van der Waals surface area contributed by atoms with Crippen molar-refractivity contribution in [1.82, 2.24) is 5.43 Å². The summed E-state index contributed by atoms with van der Waals surface area (Å²) in [4.78, 5) is 12.0. The fraction of sp³-hybridized carbons (Fsp3) is 0.0833. The average molecular weight is 636 g/mol. The van der Waals surface area contributed by atoms with Gasteiger partial charge < -0.3 is 9.15 Å². The fourth-order valence-corrected chi connectivity index (χ4v) is 5.26. The first-order valence-corrected chi connectivity index (χ1v) is 11.7. The minimum atomic E-state index is -0.385. The number of rotatable bonds is 6. The van der Waals surface area contributed by atoms with Crippen molar-refractivity contribution in [2.75, 3.05) is 0 Å². The zero-order valence-corrected chi connectivity index (χ0v) is 20.9. The molecule has 4 rings (SSSR count). The SMILES string of the molecule is Cc1ccc(C(=O)NN=Cc2cc(I)c(OCc3cccc4ccccc34)c(I)c2)o1. The van der Waals surface area contributed by atoms with Crippen LogP contribution in [-0.4, -0.2) is 12.1 Å². The molecule has 0 unspecified atom stereocenters. The minimum Gasteiger partial charge on any atom is -0.487 e. The highest BCUT2D eigenvalue weighted by molar-refractivity contribution is 14.1. The van der Waals surface area contributed by atoms with Gasteiger partial charge in [-0.2, -0.15) is 5.10 Å². The van der Waals surface area contributed by atoms with Crippen LogP contribution in [0.1, 0.15) is 27.4 Å². The van der Waals surface area contributed by atoms with Crippen LogP contribution in [0, 0.1) is 14.1 Å². The fourth-order valence-electron chi connectivity index (χ4n) is 3.14. The molecular weight excluding hydrogens is 618 g/mol. The number of nitrogens with zero attached hydrogens (tertiary/aromatic N) is 1. The molecule has 1 aromatic heterocycles. The first-order chi connectivity index (χ1) is 15.0. The van der Waals surface area contributed by atoms with Crippen LogP contribution in [0.3, 0.4) is 0 Å². The van der Waals surface area contributed by atoms with Crippen molar-refractivity contribution in [1.29, 1.82) is 0 Å². The van der Waals surface area contributed by atoms with Gasteiger partial charge in [0.05, 0.1) is 13.4 Å². The average Bonchev–Trinajstić information content (AvgIpc) is 3.19. The number of fused-ring (bicyclic) bond motifs is 1. The summed E-state index contributed by atoms with van der Waals surface area (Å²) in [6.07, 6.45) is 1.60. The molecule has 1 heterocycles. The molecule has 7 heteroatoms. The first kappa shape index (κ1) is 21.8. The molecule has 4 aromatic rings. The Labute approximate surface area is 207 Å². The lowest BCUT2D eigenvalue weighted by molar-refractivity contribution is 0.0926. The van der Waals surface area contributed by atoms with E-state index in [9.17, 15) is 4.79 Å². The quantitative estimate of drug-likeness (QED) is 0.154. The summed E-state index contributed by atoms with van der Waals surface area (Å²) in [7, 11) is 0. The highest BCUT2D eigenvalue weighted by atomic mass is 127. The number of hydrogen-bond acceptors (Lipinski definition) is 4. The van der Waals surface area contributed by atoms with Crippen molar-refractivity contribution in [3.8, 4) is 5.75 Å².